The molecular weight excluding hydrogens is 401 g/mol. The molecule has 0 radical (unpaired) electrons. The van der Waals surface area contributed by atoms with E-state index in [0.717, 1.165) is 31.1 Å². The molecule has 0 spiro atoms. The number of aromatic amines is 1. The fourth-order valence-corrected chi connectivity index (χ4v) is 5.12. The van der Waals surface area contributed by atoms with Gasteiger partial charge < -0.3 is 9.88 Å². The number of halogens is 3. The van der Waals surface area contributed by atoms with Crippen molar-refractivity contribution < 1.29 is 18.0 Å². The van der Waals surface area contributed by atoms with Crippen LogP contribution in [0.25, 0.3) is 22.2 Å². The number of fused-ring (bicyclic) bond motifs is 1. The number of nitrogens with one attached hydrogen (secondary N) is 1. The van der Waals surface area contributed by atoms with Gasteiger partial charge in [-0.15, -0.1) is 0 Å². The van der Waals surface area contributed by atoms with E-state index < -0.39 is 11.6 Å². The lowest BCUT2D eigenvalue weighted by Gasteiger charge is -2.37. The molecule has 3 nitrogen and oxygen atoms in total. The largest absolute Gasteiger partial charge is 0.352 e. The van der Waals surface area contributed by atoms with Gasteiger partial charge >= 0.3 is 0 Å². The minimum absolute atomic E-state index is 0.0135. The molecule has 1 amide bonds. The SMILES string of the molecule is CC1(C)CCN(C(=O)C2CC(c3c(-c4ccc(F)cc4)[nH]c4c(F)cc(F)cc34)C2)C1. The number of likely N-dealkylation sites (tertiary alicyclic amines) is 1. The van der Waals surface area contributed by atoms with E-state index in [1.165, 1.54) is 18.2 Å². The smallest absolute Gasteiger partial charge is 0.225 e. The van der Waals surface area contributed by atoms with Crippen molar-refractivity contribution in [1.29, 1.82) is 0 Å². The second-order valence-corrected chi connectivity index (χ2v) is 9.77. The summed E-state index contributed by atoms with van der Waals surface area (Å²) >= 11 is 0. The lowest BCUT2D eigenvalue weighted by atomic mass is 9.69. The minimum Gasteiger partial charge on any atom is -0.352 e. The number of carbonyl (C=O) groups excluding carboxylic acids is 1. The molecule has 6 heteroatoms. The molecule has 0 unspecified atom stereocenters. The van der Waals surface area contributed by atoms with Crippen molar-refractivity contribution in [2.24, 2.45) is 11.3 Å². The zero-order valence-corrected chi connectivity index (χ0v) is 17.6. The second-order valence-electron chi connectivity index (χ2n) is 9.77. The van der Waals surface area contributed by atoms with Crippen LogP contribution >= 0.6 is 0 Å². The molecule has 1 aliphatic heterocycles. The van der Waals surface area contributed by atoms with Crippen LogP contribution in [0.1, 0.15) is 44.6 Å². The highest BCUT2D eigenvalue weighted by molar-refractivity contribution is 5.92. The van der Waals surface area contributed by atoms with Gasteiger partial charge in [0.2, 0.25) is 5.91 Å². The monoisotopic (exact) mass is 426 g/mol. The molecule has 2 aliphatic rings. The van der Waals surface area contributed by atoms with E-state index in [1.807, 2.05) is 4.90 Å². The zero-order chi connectivity index (χ0) is 21.9. The van der Waals surface area contributed by atoms with Gasteiger partial charge in [0, 0.05) is 30.5 Å². The zero-order valence-electron chi connectivity index (χ0n) is 17.6. The Morgan fingerprint density at radius 1 is 1.06 bits per heavy atom. The first-order valence-corrected chi connectivity index (χ1v) is 10.8. The lowest BCUT2D eigenvalue weighted by Crippen LogP contribution is -2.40. The topological polar surface area (TPSA) is 36.1 Å². The Morgan fingerprint density at radius 2 is 1.77 bits per heavy atom. The highest BCUT2D eigenvalue weighted by atomic mass is 19.1. The molecule has 0 bridgehead atoms. The molecule has 1 aliphatic carbocycles. The van der Waals surface area contributed by atoms with E-state index in [9.17, 15) is 18.0 Å². The number of rotatable bonds is 3. The van der Waals surface area contributed by atoms with E-state index >= 15 is 0 Å². The summed E-state index contributed by atoms with van der Waals surface area (Å²) in [5.74, 6) is -1.52. The molecule has 3 aromatic rings. The third kappa shape index (κ3) is 3.52. The Bertz CT molecular complexity index is 1160. The van der Waals surface area contributed by atoms with Gasteiger partial charge in [0.1, 0.15) is 17.5 Å². The number of H-pyrrole nitrogens is 1. The van der Waals surface area contributed by atoms with Crippen molar-refractivity contribution in [2.45, 2.75) is 39.0 Å². The van der Waals surface area contributed by atoms with Crippen molar-refractivity contribution >= 4 is 16.8 Å². The Balaban J connectivity index is 1.47. The average Bonchev–Trinajstić information content (AvgIpc) is 3.22. The van der Waals surface area contributed by atoms with Crippen molar-refractivity contribution in [3.8, 4) is 11.3 Å². The molecule has 162 valence electrons. The van der Waals surface area contributed by atoms with E-state index in [4.69, 9.17) is 0 Å². The first kappa shape index (κ1) is 20.2. The third-order valence-corrected chi connectivity index (χ3v) is 6.88. The Morgan fingerprint density at radius 3 is 2.42 bits per heavy atom. The van der Waals surface area contributed by atoms with Crippen LogP contribution in [-0.2, 0) is 4.79 Å². The number of nitrogens with zero attached hydrogens (tertiary/aromatic N) is 1. The highest BCUT2D eigenvalue weighted by Gasteiger charge is 2.42. The van der Waals surface area contributed by atoms with Gasteiger partial charge in [-0.2, -0.15) is 0 Å². The normalized spacial score (nSPS) is 22.7. The summed E-state index contributed by atoms with van der Waals surface area (Å²) in [6.07, 6.45) is 2.30. The molecule has 2 heterocycles. The van der Waals surface area contributed by atoms with Crippen LogP contribution < -0.4 is 0 Å². The Hall–Kier alpha value is -2.76. The van der Waals surface area contributed by atoms with Crippen LogP contribution in [0.2, 0.25) is 0 Å². The van der Waals surface area contributed by atoms with E-state index in [2.05, 4.69) is 18.8 Å². The van der Waals surface area contributed by atoms with Crippen molar-refractivity contribution in [1.82, 2.24) is 9.88 Å². The highest BCUT2D eigenvalue weighted by Crippen LogP contribution is 2.49. The summed E-state index contributed by atoms with van der Waals surface area (Å²) in [6.45, 7) is 5.91. The van der Waals surface area contributed by atoms with Crippen LogP contribution in [0, 0.1) is 28.8 Å². The van der Waals surface area contributed by atoms with Gasteiger partial charge in [-0.1, -0.05) is 13.8 Å². The second kappa shape index (κ2) is 7.14. The van der Waals surface area contributed by atoms with Gasteiger partial charge in [-0.25, -0.2) is 13.2 Å². The van der Waals surface area contributed by atoms with Crippen LogP contribution in [0.4, 0.5) is 13.2 Å². The molecule has 1 saturated heterocycles. The number of carbonyl (C=O) groups is 1. The number of hydrogen-bond donors (Lipinski definition) is 1. The predicted molar refractivity (Wildman–Crippen MR) is 114 cm³/mol. The van der Waals surface area contributed by atoms with E-state index in [-0.39, 0.29) is 34.5 Å². The van der Waals surface area contributed by atoms with Crippen LogP contribution in [0.15, 0.2) is 36.4 Å². The molecule has 1 aromatic heterocycles. The van der Waals surface area contributed by atoms with Gasteiger partial charge in [0.05, 0.1) is 11.2 Å². The van der Waals surface area contributed by atoms with E-state index in [1.54, 1.807) is 12.1 Å². The standard InChI is InChI=1S/C25H25F3N2O/c1-25(2)7-8-30(13-25)24(31)16-9-15(10-16)21-19-11-18(27)12-20(28)23(19)29-22(21)14-3-5-17(26)6-4-14/h3-6,11-12,15-16,29H,7-10,13H2,1-2H3. The molecule has 1 N–H and O–H groups in total. The van der Waals surface area contributed by atoms with Gasteiger partial charge in [0.25, 0.3) is 0 Å². The number of amides is 1. The number of hydrogen-bond acceptors (Lipinski definition) is 1. The summed E-state index contributed by atoms with van der Waals surface area (Å²) < 4.78 is 42.0. The van der Waals surface area contributed by atoms with Crippen LogP contribution in [0.5, 0.6) is 0 Å². The molecule has 31 heavy (non-hydrogen) atoms. The van der Waals surface area contributed by atoms with Gasteiger partial charge in [0.15, 0.2) is 0 Å². The maximum absolute atomic E-state index is 14.5. The van der Waals surface area contributed by atoms with E-state index in [0.29, 0.717) is 29.5 Å². The summed E-state index contributed by atoms with van der Waals surface area (Å²) in [5.41, 5.74) is 2.58. The molecule has 0 atom stereocenters. The minimum atomic E-state index is -0.657. The van der Waals surface area contributed by atoms with Crippen LogP contribution in [0.3, 0.4) is 0 Å². The number of aromatic nitrogens is 1. The summed E-state index contributed by atoms with van der Waals surface area (Å²) in [4.78, 5) is 18.0. The predicted octanol–water partition coefficient (Wildman–Crippen LogP) is 6.00. The van der Waals surface area contributed by atoms with Gasteiger partial charge in [-0.05, 0) is 72.1 Å². The van der Waals surface area contributed by atoms with Gasteiger partial charge in [-0.3, -0.25) is 4.79 Å². The fraction of sp³-hybridized carbons (Fsp3) is 0.400. The summed E-state index contributed by atoms with van der Waals surface area (Å²) in [7, 11) is 0. The fourth-order valence-electron chi connectivity index (χ4n) is 5.12. The molecule has 1 saturated carbocycles. The first-order valence-electron chi connectivity index (χ1n) is 10.8. The summed E-state index contributed by atoms with van der Waals surface area (Å²) in [6, 6.07) is 8.17. The maximum atomic E-state index is 14.5. The molecule has 2 fully saturated rings. The maximum Gasteiger partial charge on any atom is 0.225 e. The lowest BCUT2D eigenvalue weighted by molar-refractivity contribution is -0.138. The summed E-state index contributed by atoms with van der Waals surface area (Å²) in [5, 5.41) is 0.495. The number of benzene rings is 2. The molecule has 2 aromatic carbocycles. The Labute approximate surface area is 179 Å². The Kier molecular flexibility index (Phi) is 4.65. The third-order valence-electron chi connectivity index (χ3n) is 6.88. The van der Waals surface area contributed by atoms with Crippen molar-refractivity contribution in [2.75, 3.05) is 13.1 Å². The average molecular weight is 426 g/mol. The van der Waals surface area contributed by atoms with Crippen molar-refractivity contribution in [3.05, 3.63) is 59.4 Å². The van der Waals surface area contributed by atoms with Crippen molar-refractivity contribution in [3.63, 3.8) is 0 Å². The molecule has 5 rings (SSSR count). The first-order chi connectivity index (χ1) is 14.7. The quantitative estimate of drug-likeness (QED) is 0.548. The molecular formula is C25H25F3N2O. The van der Waals surface area contributed by atoms with Crippen LogP contribution in [-0.4, -0.2) is 28.9 Å².